The molecule has 2 heterocycles. The number of esters is 2. The Kier molecular flexibility index (Phi) is 5.71. The number of carbonyl (C=O) groups is 2. The van der Waals surface area contributed by atoms with Gasteiger partial charge in [0.25, 0.3) is 0 Å². The van der Waals surface area contributed by atoms with Gasteiger partial charge in [0, 0.05) is 23.5 Å². The summed E-state index contributed by atoms with van der Waals surface area (Å²) in [5.41, 5.74) is 2.38. The number of hydrogen-bond donors (Lipinski definition) is 1. The van der Waals surface area contributed by atoms with Crippen LogP contribution in [0.25, 0.3) is 10.9 Å². The summed E-state index contributed by atoms with van der Waals surface area (Å²) in [6.07, 6.45) is 3.31. The van der Waals surface area contributed by atoms with Crippen LogP contribution in [0.2, 0.25) is 0 Å². The largest absolute Gasteiger partial charge is 0.465 e. The van der Waals surface area contributed by atoms with Crippen molar-refractivity contribution in [1.82, 2.24) is 9.55 Å². The van der Waals surface area contributed by atoms with Gasteiger partial charge in [-0.1, -0.05) is 18.2 Å². The first-order chi connectivity index (χ1) is 13.2. The van der Waals surface area contributed by atoms with E-state index in [0.717, 1.165) is 16.6 Å². The lowest BCUT2D eigenvalue weighted by Gasteiger charge is -2.12. The Hall–Kier alpha value is -3.35. The number of fused-ring (bicyclic) bond motifs is 1. The molecular weight excluding hydrogens is 346 g/mol. The van der Waals surface area contributed by atoms with E-state index >= 15 is 0 Å². The molecule has 27 heavy (non-hydrogen) atoms. The van der Waals surface area contributed by atoms with Gasteiger partial charge in [0.1, 0.15) is 6.54 Å². The van der Waals surface area contributed by atoms with Gasteiger partial charge in [-0.05, 0) is 32.0 Å². The molecule has 3 aromatic rings. The molecule has 0 amide bonds. The number of hydrogen-bond acceptors (Lipinski definition) is 6. The van der Waals surface area contributed by atoms with Crippen molar-refractivity contribution in [2.75, 3.05) is 18.5 Å². The minimum Gasteiger partial charge on any atom is -0.465 e. The molecule has 0 saturated heterocycles. The Morgan fingerprint density at radius 1 is 1.04 bits per heavy atom. The zero-order chi connectivity index (χ0) is 19.2. The Morgan fingerprint density at radius 3 is 2.44 bits per heavy atom. The fourth-order valence-electron chi connectivity index (χ4n) is 2.92. The van der Waals surface area contributed by atoms with E-state index in [-0.39, 0.29) is 25.5 Å². The molecule has 0 aliphatic rings. The Labute approximate surface area is 156 Å². The summed E-state index contributed by atoms with van der Waals surface area (Å²) >= 11 is 0. The standard InChI is InChI=1S/C20H21N3O4/c1-3-26-17(24)13-23-16-8-6-5-7-15(16)18(19(23)20(25)27-4-2)22-14-9-11-21-12-10-14/h5-12H,3-4,13H2,1-2H3,(H,21,22). The number of rotatable bonds is 7. The number of carbonyl (C=O) groups excluding carboxylic acids is 2. The molecule has 0 unspecified atom stereocenters. The molecule has 0 radical (unpaired) electrons. The second kappa shape index (κ2) is 8.35. The highest BCUT2D eigenvalue weighted by atomic mass is 16.5. The minimum absolute atomic E-state index is 0.0828. The molecule has 3 rings (SSSR count). The third-order valence-corrected chi connectivity index (χ3v) is 3.98. The van der Waals surface area contributed by atoms with Gasteiger partial charge in [0.15, 0.2) is 5.69 Å². The molecular formula is C20H21N3O4. The second-order valence-corrected chi connectivity index (χ2v) is 5.71. The summed E-state index contributed by atoms with van der Waals surface area (Å²) in [5.74, 6) is -0.922. The van der Waals surface area contributed by atoms with Gasteiger partial charge in [-0.15, -0.1) is 0 Å². The van der Waals surface area contributed by atoms with Gasteiger partial charge in [-0.2, -0.15) is 0 Å². The SMILES string of the molecule is CCOC(=O)Cn1c(C(=O)OCC)c(Nc2ccncc2)c2ccccc21. The van der Waals surface area contributed by atoms with E-state index in [2.05, 4.69) is 10.3 Å². The van der Waals surface area contributed by atoms with E-state index in [1.807, 2.05) is 24.3 Å². The monoisotopic (exact) mass is 367 g/mol. The van der Waals surface area contributed by atoms with E-state index in [0.29, 0.717) is 5.69 Å². The predicted molar refractivity (Wildman–Crippen MR) is 102 cm³/mol. The molecule has 140 valence electrons. The molecule has 7 nitrogen and oxygen atoms in total. The summed E-state index contributed by atoms with van der Waals surface area (Å²) < 4.78 is 12.0. The Balaban J connectivity index is 2.17. The van der Waals surface area contributed by atoms with Crippen LogP contribution < -0.4 is 5.32 Å². The lowest BCUT2D eigenvalue weighted by molar-refractivity contribution is -0.143. The summed E-state index contributed by atoms with van der Waals surface area (Å²) in [5, 5.41) is 4.07. The Bertz CT molecular complexity index is 951. The van der Waals surface area contributed by atoms with Gasteiger partial charge in [0.05, 0.1) is 24.4 Å². The van der Waals surface area contributed by atoms with Crippen molar-refractivity contribution >= 4 is 34.2 Å². The van der Waals surface area contributed by atoms with E-state index in [1.54, 1.807) is 42.9 Å². The number of nitrogens with zero attached hydrogens (tertiary/aromatic N) is 2. The number of nitrogens with one attached hydrogen (secondary N) is 1. The molecule has 1 aromatic carbocycles. The first-order valence-corrected chi connectivity index (χ1v) is 8.76. The maximum Gasteiger partial charge on any atom is 0.357 e. The van der Waals surface area contributed by atoms with Crippen molar-refractivity contribution in [3.05, 3.63) is 54.5 Å². The van der Waals surface area contributed by atoms with Gasteiger partial charge in [-0.3, -0.25) is 9.78 Å². The van der Waals surface area contributed by atoms with Crippen LogP contribution in [-0.2, 0) is 20.8 Å². The lowest BCUT2D eigenvalue weighted by atomic mass is 10.2. The van der Waals surface area contributed by atoms with Crippen LogP contribution in [0.15, 0.2) is 48.8 Å². The zero-order valence-corrected chi connectivity index (χ0v) is 15.3. The normalized spacial score (nSPS) is 10.6. The maximum absolute atomic E-state index is 12.7. The highest BCUT2D eigenvalue weighted by molar-refractivity contribution is 6.08. The number of benzene rings is 1. The third kappa shape index (κ3) is 3.92. The van der Waals surface area contributed by atoms with Crippen LogP contribution in [0.4, 0.5) is 11.4 Å². The summed E-state index contributed by atoms with van der Waals surface area (Å²) in [6, 6.07) is 11.1. The van der Waals surface area contributed by atoms with Crippen LogP contribution in [0.3, 0.4) is 0 Å². The van der Waals surface area contributed by atoms with Crippen molar-refractivity contribution in [3.8, 4) is 0 Å². The number of para-hydroxylation sites is 1. The van der Waals surface area contributed by atoms with Crippen molar-refractivity contribution in [1.29, 1.82) is 0 Å². The average molecular weight is 367 g/mol. The van der Waals surface area contributed by atoms with Gasteiger partial charge < -0.3 is 19.4 Å². The molecule has 0 fully saturated rings. The van der Waals surface area contributed by atoms with Crippen LogP contribution in [0, 0.1) is 0 Å². The maximum atomic E-state index is 12.7. The van der Waals surface area contributed by atoms with E-state index in [1.165, 1.54) is 0 Å². The summed E-state index contributed by atoms with van der Waals surface area (Å²) in [4.78, 5) is 28.9. The third-order valence-electron chi connectivity index (χ3n) is 3.98. The lowest BCUT2D eigenvalue weighted by Crippen LogP contribution is -2.19. The average Bonchev–Trinajstić information content (AvgIpc) is 2.97. The van der Waals surface area contributed by atoms with Crippen LogP contribution in [-0.4, -0.2) is 34.7 Å². The van der Waals surface area contributed by atoms with E-state index < -0.39 is 11.9 Å². The Morgan fingerprint density at radius 2 is 1.74 bits per heavy atom. The van der Waals surface area contributed by atoms with Crippen molar-refractivity contribution in [2.45, 2.75) is 20.4 Å². The highest BCUT2D eigenvalue weighted by Gasteiger charge is 2.25. The van der Waals surface area contributed by atoms with Gasteiger partial charge in [0.2, 0.25) is 0 Å². The molecule has 0 aliphatic heterocycles. The van der Waals surface area contributed by atoms with Crippen molar-refractivity contribution in [3.63, 3.8) is 0 Å². The predicted octanol–water partition coefficient (Wildman–Crippen LogP) is 3.52. The van der Waals surface area contributed by atoms with Crippen molar-refractivity contribution in [2.24, 2.45) is 0 Å². The fraction of sp³-hybridized carbons (Fsp3) is 0.250. The van der Waals surface area contributed by atoms with Crippen molar-refractivity contribution < 1.29 is 19.1 Å². The zero-order valence-electron chi connectivity index (χ0n) is 15.3. The van der Waals surface area contributed by atoms with Gasteiger partial charge >= 0.3 is 11.9 Å². The topological polar surface area (TPSA) is 82.5 Å². The minimum atomic E-state index is -0.505. The molecule has 1 N–H and O–H groups in total. The first-order valence-electron chi connectivity index (χ1n) is 8.76. The van der Waals surface area contributed by atoms with Crippen LogP contribution in [0.5, 0.6) is 0 Å². The highest BCUT2D eigenvalue weighted by Crippen LogP contribution is 2.34. The quantitative estimate of drug-likeness (QED) is 0.644. The fourth-order valence-corrected chi connectivity index (χ4v) is 2.92. The second-order valence-electron chi connectivity index (χ2n) is 5.71. The molecule has 0 atom stereocenters. The van der Waals surface area contributed by atoms with Crippen LogP contribution in [0.1, 0.15) is 24.3 Å². The number of pyridine rings is 1. The molecule has 0 spiro atoms. The number of aromatic nitrogens is 2. The van der Waals surface area contributed by atoms with E-state index in [4.69, 9.17) is 9.47 Å². The van der Waals surface area contributed by atoms with E-state index in [9.17, 15) is 9.59 Å². The van der Waals surface area contributed by atoms with Crippen LogP contribution >= 0.6 is 0 Å². The molecule has 7 heteroatoms. The molecule has 2 aromatic heterocycles. The summed E-state index contributed by atoms with van der Waals surface area (Å²) in [7, 11) is 0. The molecule has 0 aliphatic carbocycles. The number of anilines is 2. The number of ether oxygens (including phenoxy) is 2. The summed E-state index contributed by atoms with van der Waals surface area (Å²) in [6.45, 7) is 3.91. The molecule has 0 saturated carbocycles. The van der Waals surface area contributed by atoms with Gasteiger partial charge in [-0.25, -0.2) is 4.79 Å². The smallest absolute Gasteiger partial charge is 0.357 e. The molecule has 0 bridgehead atoms. The first kappa shape index (κ1) is 18.4.